The van der Waals surface area contributed by atoms with Crippen molar-refractivity contribution >= 4 is 28.1 Å². The first kappa shape index (κ1) is 13.1. The van der Waals surface area contributed by atoms with Crippen LogP contribution in [0.1, 0.15) is 16.1 Å². The van der Waals surface area contributed by atoms with E-state index in [4.69, 9.17) is 5.73 Å². The van der Waals surface area contributed by atoms with Gasteiger partial charge in [0.15, 0.2) is 0 Å². The van der Waals surface area contributed by atoms with Crippen molar-refractivity contribution in [2.24, 2.45) is 0 Å². The van der Waals surface area contributed by atoms with E-state index in [9.17, 15) is 4.79 Å². The van der Waals surface area contributed by atoms with Gasteiger partial charge in [-0.15, -0.1) is 0 Å². The fraction of sp³-hybridized carbons (Fsp3) is 0.0588. The van der Waals surface area contributed by atoms with Crippen molar-refractivity contribution in [2.75, 3.05) is 11.1 Å². The quantitative estimate of drug-likeness (QED) is 0.706. The van der Waals surface area contributed by atoms with E-state index in [2.05, 4.69) is 10.3 Å². The van der Waals surface area contributed by atoms with Crippen LogP contribution in [0.3, 0.4) is 0 Å². The summed E-state index contributed by atoms with van der Waals surface area (Å²) < 4.78 is 0. The summed E-state index contributed by atoms with van der Waals surface area (Å²) in [6, 6.07) is 15.0. The molecule has 3 rings (SSSR count). The summed E-state index contributed by atoms with van der Waals surface area (Å²) in [6.45, 7) is 1.88. The molecule has 1 heterocycles. The molecule has 0 radical (unpaired) electrons. The molecule has 0 aliphatic rings. The van der Waals surface area contributed by atoms with Gasteiger partial charge in [-0.05, 0) is 36.1 Å². The van der Waals surface area contributed by atoms with Crippen molar-refractivity contribution in [3.63, 3.8) is 0 Å². The first-order valence-electron chi connectivity index (χ1n) is 6.67. The van der Waals surface area contributed by atoms with Crippen LogP contribution in [-0.4, -0.2) is 10.9 Å². The van der Waals surface area contributed by atoms with Gasteiger partial charge in [0.25, 0.3) is 5.91 Å². The molecular formula is C17H15N3O. The van der Waals surface area contributed by atoms with E-state index >= 15 is 0 Å². The zero-order valence-electron chi connectivity index (χ0n) is 11.6. The minimum Gasteiger partial charge on any atom is -0.398 e. The number of carbonyl (C=O) groups is 1. The van der Waals surface area contributed by atoms with Crippen LogP contribution in [0.5, 0.6) is 0 Å². The lowest BCUT2D eigenvalue weighted by atomic mass is 10.1. The van der Waals surface area contributed by atoms with Gasteiger partial charge < -0.3 is 11.1 Å². The zero-order valence-corrected chi connectivity index (χ0v) is 11.6. The Labute approximate surface area is 122 Å². The molecular weight excluding hydrogens is 262 g/mol. The SMILES string of the molecule is Cc1c(N)cccc1NC(=O)c1nccc2ccccc12. The van der Waals surface area contributed by atoms with E-state index in [1.54, 1.807) is 12.3 Å². The minimum absolute atomic E-state index is 0.236. The van der Waals surface area contributed by atoms with Crippen LogP contribution in [0.15, 0.2) is 54.7 Å². The van der Waals surface area contributed by atoms with Gasteiger partial charge in [0.1, 0.15) is 5.69 Å². The van der Waals surface area contributed by atoms with Gasteiger partial charge in [-0.1, -0.05) is 30.3 Å². The highest BCUT2D eigenvalue weighted by molar-refractivity contribution is 6.11. The molecule has 0 bridgehead atoms. The van der Waals surface area contributed by atoms with Crippen LogP contribution >= 0.6 is 0 Å². The van der Waals surface area contributed by atoms with Crippen molar-refractivity contribution in [2.45, 2.75) is 6.92 Å². The van der Waals surface area contributed by atoms with Gasteiger partial charge in [-0.2, -0.15) is 0 Å². The molecule has 0 atom stereocenters. The van der Waals surface area contributed by atoms with Crippen LogP contribution in [0.2, 0.25) is 0 Å². The number of aromatic nitrogens is 1. The molecule has 1 amide bonds. The van der Waals surface area contributed by atoms with Crippen molar-refractivity contribution in [3.05, 3.63) is 66.0 Å². The Morgan fingerprint density at radius 1 is 1.10 bits per heavy atom. The van der Waals surface area contributed by atoms with Gasteiger partial charge in [0.05, 0.1) is 0 Å². The topological polar surface area (TPSA) is 68.0 Å². The molecule has 3 N–H and O–H groups in total. The smallest absolute Gasteiger partial charge is 0.274 e. The Hall–Kier alpha value is -2.88. The number of rotatable bonds is 2. The second kappa shape index (κ2) is 5.25. The van der Waals surface area contributed by atoms with Crippen LogP contribution in [0, 0.1) is 6.92 Å². The number of nitrogens with one attached hydrogen (secondary N) is 1. The summed E-state index contributed by atoms with van der Waals surface area (Å²) in [5, 5.41) is 4.70. The standard InChI is InChI=1S/C17H15N3O/c1-11-14(18)7-4-8-15(11)20-17(21)16-13-6-3-2-5-12(13)9-10-19-16/h2-10H,18H2,1H3,(H,20,21). The number of pyridine rings is 1. The number of anilines is 2. The highest BCUT2D eigenvalue weighted by atomic mass is 16.1. The fourth-order valence-electron chi connectivity index (χ4n) is 2.27. The molecule has 0 saturated heterocycles. The van der Waals surface area contributed by atoms with Crippen LogP contribution in [0.25, 0.3) is 10.8 Å². The van der Waals surface area contributed by atoms with Gasteiger partial charge in [0.2, 0.25) is 0 Å². The monoisotopic (exact) mass is 277 g/mol. The molecule has 21 heavy (non-hydrogen) atoms. The van der Waals surface area contributed by atoms with E-state index in [1.165, 1.54) is 0 Å². The van der Waals surface area contributed by atoms with E-state index < -0.39 is 0 Å². The Bertz CT molecular complexity index is 822. The molecule has 4 nitrogen and oxygen atoms in total. The van der Waals surface area contributed by atoms with Crippen molar-refractivity contribution in [1.82, 2.24) is 4.98 Å². The largest absolute Gasteiger partial charge is 0.398 e. The summed E-state index contributed by atoms with van der Waals surface area (Å²) in [5.41, 5.74) is 8.48. The summed E-state index contributed by atoms with van der Waals surface area (Å²) in [4.78, 5) is 16.7. The number of nitrogen functional groups attached to an aromatic ring is 1. The van der Waals surface area contributed by atoms with Crippen molar-refractivity contribution in [3.8, 4) is 0 Å². The number of carbonyl (C=O) groups excluding carboxylic acids is 1. The zero-order chi connectivity index (χ0) is 14.8. The van der Waals surface area contributed by atoms with E-state index in [0.717, 1.165) is 16.3 Å². The average Bonchev–Trinajstić information content (AvgIpc) is 2.51. The fourth-order valence-corrected chi connectivity index (χ4v) is 2.27. The number of benzene rings is 2. The lowest BCUT2D eigenvalue weighted by Crippen LogP contribution is -2.15. The molecule has 0 unspecified atom stereocenters. The maximum Gasteiger partial charge on any atom is 0.274 e. The molecule has 4 heteroatoms. The predicted octanol–water partition coefficient (Wildman–Crippen LogP) is 3.38. The van der Waals surface area contributed by atoms with Crippen LogP contribution < -0.4 is 11.1 Å². The summed E-state index contributed by atoms with van der Waals surface area (Å²) in [5.74, 6) is -0.236. The summed E-state index contributed by atoms with van der Waals surface area (Å²) in [7, 11) is 0. The third-order valence-electron chi connectivity index (χ3n) is 3.51. The number of nitrogens with two attached hydrogens (primary N) is 1. The molecule has 0 aliphatic heterocycles. The first-order chi connectivity index (χ1) is 10.2. The van der Waals surface area contributed by atoms with Gasteiger partial charge in [-0.3, -0.25) is 9.78 Å². The third-order valence-corrected chi connectivity index (χ3v) is 3.51. The van der Waals surface area contributed by atoms with Gasteiger partial charge >= 0.3 is 0 Å². The summed E-state index contributed by atoms with van der Waals surface area (Å²) in [6.07, 6.45) is 1.64. The molecule has 0 fully saturated rings. The molecule has 0 aliphatic carbocycles. The second-order valence-corrected chi connectivity index (χ2v) is 4.85. The highest BCUT2D eigenvalue weighted by Gasteiger charge is 2.13. The number of nitrogens with zero attached hydrogens (tertiary/aromatic N) is 1. The Kier molecular flexibility index (Phi) is 3.28. The van der Waals surface area contributed by atoms with Crippen LogP contribution in [-0.2, 0) is 0 Å². The Balaban J connectivity index is 2.00. The molecule has 1 aromatic heterocycles. The number of hydrogen-bond acceptors (Lipinski definition) is 3. The highest BCUT2D eigenvalue weighted by Crippen LogP contribution is 2.22. The number of hydrogen-bond donors (Lipinski definition) is 2. The lowest BCUT2D eigenvalue weighted by Gasteiger charge is -2.11. The van der Waals surface area contributed by atoms with Crippen molar-refractivity contribution in [1.29, 1.82) is 0 Å². The minimum atomic E-state index is -0.236. The molecule has 0 spiro atoms. The van der Waals surface area contributed by atoms with Gasteiger partial charge in [-0.25, -0.2) is 0 Å². The summed E-state index contributed by atoms with van der Waals surface area (Å²) >= 11 is 0. The Morgan fingerprint density at radius 2 is 1.90 bits per heavy atom. The van der Waals surface area contributed by atoms with Crippen molar-refractivity contribution < 1.29 is 4.79 Å². The van der Waals surface area contributed by atoms with E-state index in [1.807, 2.05) is 49.4 Å². The molecule has 104 valence electrons. The third kappa shape index (κ3) is 2.43. The Morgan fingerprint density at radius 3 is 2.76 bits per heavy atom. The molecule has 3 aromatic rings. The second-order valence-electron chi connectivity index (χ2n) is 4.85. The van der Waals surface area contributed by atoms with Crippen LogP contribution in [0.4, 0.5) is 11.4 Å². The van der Waals surface area contributed by atoms with E-state index in [0.29, 0.717) is 17.1 Å². The lowest BCUT2D eigenvalue weighted by molar-refractivity contribution is 0.102. The first-order valence-corrected chi connectivity index (χ1v) is 6.67. The molecule has 0 saturated carbocycles. The predicted molar refractivity (Wildman–Crippen MR) is 85.3 cm³/mol. The average molecular weight is 277 g/mol. The van der Waals surface area contributed by atoms with E-state index in [-0.39, 0.29) is 5.91 Å². The maximum atomic E-state index is 12.5. The van der Waals surface area contributed by atoms with Gasteiger partial charge in [0, 0.05) is 23.0 Å². The normalized spacial score (nSPS) is 10.5. The number of fused-ring (bicyclic) bond motifs is 1. The molecule has 2 aromatic carbocycles. The number of amides is 1. The maximum absolute atomic E-state index is 12.5.